The average molecular weight is 485 g/mol. The third-order valence-electron chi connectivity index (χ3n) is 5.44. The molecular formula is C18H20BrF3O5S. The van der Waals surface area contributed by atoms with Crippen LogP contribution in [0.2, 0.25) is 0 Å². The minimum atomic E-state index is -4.85. The van der Waals surface area contributed by atoms with Crippen LogP contribution in [-0.4, -0.2) is 37.0 Å². The summed E-state index contributed by atoms with van der Waals surface area (Å²) in [7, 11) is -4.39. The molecule has 5 nitrogen and oxygen atoms in total. The highest BCUT2D eigenvalue weighted by Crippen LogP contribution is 2.42. The van der Waals surface area contributed by atoms with E-state index in [-0.39, 0.29) is 23.4 Å². The summed E-state index contributed by atoms with van der Waals surface area (Å²) in [6.07, 6.45) is -2.68. The van der Waals surface area contributed by atoms with Gasteiger partial charge in [-0.1, -0.05) is 28.8 Å². The van der Waals surface area contributed by atoms with Crippen molar-refractivity contribution in [2.24, 2.45) is 5.92 Å². The predicted molar refractivity (Wildman–Crippen MR) is 97.6 cm³/mol. The molecule has 2 fully saturated rings. The second kappa shape index (κ2) is 7.95. The molecule has 2 saturated carbocycles. The molecular weight excluding hydrogens is 465 g/mol. The fourth-order valence-corrected chi connectivity index (χ4v) is 6.40. The summed E-state index contributed by atoms with van der Waals surface area (Å²) < 4.78 is 72.1. The van der Waals surface area contributed by atoms with Gasteiger partial charge in [-0.2, -0.15) is 13.2 Å². The van der Waals surface area contributed by atoms with Crippen LogP contribution < -0.4 is 0 Å². The van der Waals surface area contributed by atoms with Gasteiger partial charge in [-0.05, 0) is 43.9 Å². The number of carbonyl (C=O) groups is 1. The first-order valence-corrected chi connectivity index (χ1v) is 11.3. The monoisotopic (exact) mass is 484 g/mol. The number of alkyl halides is 3. The number of hydrogen-bond acceptors (Lipinski definition) is 4. The first-order chi connectivity index (χ1) is 13.0. The number of benzene rings is 1. The standard InChI is InChI=1S/C18H20BrF3O5S/c19-10-5-6-16(14(7-10)18(20,21)22)28(25,26)12-8-13(17(23)24)15(9-12)27-11-3-1-2-4-11/h5-7,11-13,15H,1-4,8-9H2,(H,23,24)/t12-,13-,15-/m1/s1. The van der Waals surface area contributed by atoms with Crippen LogP contribution in [0.4, 0.5) is 13.2 Å². The Labute approximate surface area is 169 Å². The van der Waals surface area contributed by atoms with Crippen molar-refractivity contribution in [3.63, 3.8) is 0 Å². The Bertz CT molecular complexity index is 849. The summed E-state index contributed by atoms with van der Waals surface area (Å²) in [4.78, 5) is 10.8. The molecule has 0 heterocycles. The molecule has 0 amide bonds. The maximum Gasteiger partial charge on any atom is 0.417 e. The lowest BCUT2D eigenvalue weighted by atomic mass is 10.1. The number of sulfone groups is 1. The zero-order valence-corrected chi connectivity index (χ0v) is 17.2. The number of carboxylic acids is 1. The third kappa shape index (κ3) is 4.38. The van der Waals surface area contributed by atoms with Crippen LogP contribution >= 0.6 is 15.9 Å². The van der Waals surface area contributed by atoms with Crippen molar-refractivity contribution >= 4 is 31.7 Å². The maximum atomic E-state index is 13.4. The van der Waals surface area contributed by atoms with Gasteiger partial charge in [-0.25, -0.2) is 8.42 Å². The Balaban J connectivity index is 1.91. The van der Waals surface area contributed by atoms with Gasteiger partial charge < -0.3 is 9.84 Å². The van der Waals surface area contributed by atoms with Crippen molar-refractivity contribution in [3.8, 4) is 0 Å². The lowest BCUT2D eigenvalue weighted by Gasteiger charge is -2.21. The summed E-state index contributed by atoms with van der Waals surface area (Å²) in [5.74, 6) is -2.24. The number of ether oxygens (including phenoxy) is 1. The quantitative estimate of drug-likeness (QED) is 0.668. The van der Waals surface area contributed by atoms with Crippen LogP contribution in [0, 0.1) is 5.92 Å². The molecule has 0 bridgehead atoms. The van der Waals surface area contributed by atoms with Gasteiger partial charge in [0.05, 0.1) is 33.8 Å². The predicted octanol–water partition coefficient (Wildman–Crippen LogP) is 4.43. The van der Waals surface area contributed by atoms with Crippen LogP contribution in [0.1, 0.15) is 44.1 Å². The number of aliphatic carboxylic acids is 1. The molecule has 1 N–H and O–H groups in total. The number of halogens is 4. The molecule has 0 aliphatic heterocycles. The summed E-state index contributed by atoms with van der Waals surface area (Å²) in [5.41, 5.74) is -1.26. The van der Waals surface area contributed by atoms with Gasteiger partial charge in [0.2, 0.25) is 0 Å². The maximum absolute atomic E-state index is 13.4. The largest absolute Gasteiger partial charge is 0.481 e. The lowest BCUT2D eigenvalue weighted by Crippen LogP contribution is -2.28. The van der Waals surface area contributed by atoms with E-state index in [4.69, 9.17) is 4.74 Å². The first kappa shape index (κ1) is 21.6. The van der Waals surface area contributed by atoms with Crippen molar-refractivity contribution in [1.82, 2.24) is 0 Å². The van der Waals surface area contributed by atoms with Gasteiger partial charge in [0.1, 0.15) is 0 Å². The second-order valence-electron chi connectivity index (χ2n) is 7.30. The topological polar surface area (TPSA) is 80.7 Å². The van der Waals surface area contributed by atoms with E-state index in [1.54, 1.807) is 0 Å². The van der Waals surface area contributed by atoms with Gasteiger partial charge in [0.15, 0.2) is 9.84 Å². The molecule has 0 radical (unpaired) electrons. The van der Waals surface area contributed by atoms with Gasteiger partial charge in [0, 0.05) is 4.47 Å². The van der Waals surface area contributed by atoms with Gasteiger partial charge >= 0.3 is 12.1 Å². The Morgan fingerprint density at radius 1 is 1.18 bits per heavy atom. The molecule has 2 aliphatic rings. The minimum absolute atomic E-state index is 0.107. The van der Waals surface area contributed by atoms with Crippen molar-refractivity contribution in [3.05, 3.63) is 28.2 Å². The second-order valence-corrected chi connectivity index (χ2v) is 10.4. The van der Waals surface area contributed by atoms with Crippen LogP contribution in [0.3, 0.4) is 0 Å². The van der Waals surface area contributed by atoms with Gasteiger partial charge in [0.25, 0.3) is 0 Å². The summed E-state index contributed by atoms with van der Waals surface area (Å²) in [6.45, 7) is 0. The zero-order valence-electron chi connectivity index (χ0n) is 14.8. The molecule has 3 rings (SSSR count). The van der Waals surface area contributed by atoms with Crippen molar-refractivity contribution in [1.29, 1.82) is 0 Å². The normalized spacial score (nSPS) is 26.6. The molecule has 0 unspecified atom stereocenters. The van der Waals surface area contributed by atoms with Crippen molar-refractivity contribution < 1.29 is 36.2 Å². The molecule has 3 atom stereocenters. The van der Waals surface area contributed by atoms with Gasteiger partial charge in [-0.3, -0.25) is 4.79 Å². The number of rotatable bonds is 5. The summed E-state index contributed by atoms with van der Waals surface area (Å²) in [5, 5.41) is 8.24. The summed E-state index contributed by atoms with van der Waals surface area (Å²) >= 11 is 2.93. The highest BCUT2D eigenvalue weighted by Gasteiger charge is 2.48. The molecule has 0 aromatic heterocycles. The van der Waals surface area contributed by atoms with Crippen LogP contribution in [0.15, 0.2) is 27.6 Å². The molecule has 1 aromatic carbocycles. The zero-order chi connectivity index (χ0) is 20.7. The Morgan fingerprint density at radius 3 is 2.39 bits per heavy atom. The molecule has 2 aliphatic carbocycles. The van der Waals surface area contributed by atoms with E-state index in [9.17, 15) is 31.5 Å². The SMILES string of the molecule is O=C(O)[C@@H]1C[C@@H](S(=O)(=O)c2ccc(Br)cc2C(F)(F)F)C[C@H]1OC1CCCC1. The Hall–Kier alpha value is -1.13. The Kier molecular flexibility index (Phi) is 6.12. The molecule has 28 heavy (non-hydrogen) atoms. The molecule has 1 aromatic rings. The average Bonchev–Trinajstić information content (AvgIpc) is 3.24. The van der Waals surface area contributed by atoms with E-state index < -0.39 is 49.7 Å². The molecule has 10 heteroatoms. The first-order valence-electron chi connectivity index (χ1n) is 8.99. The fourth-order valence-electron chi connectivity index (χ4n) is 4.04. The highest BCUT2D eigenvalue weighted by molar-refractivity contribution is 9.10. The highest BCUT2D eigenvalue weighted by atomic mass is 79.9. The van der Waals surface area contributed by atoms with E-state index in [1.807, 2.05) is 0 Å². The molecule has 0 spiro atoms. The van der Waals surface area contributed by atoms with Crippen molar-refractivity contribution in [2.75, 3.05) is 0 Å². The van der Waals surface area contributed by atoms with E-state index in [1.165, 1.54) is 6.07 Å². The fraction of sp³-hybridized carbons (Fsp3) is 0.611. The number of hydrogen-bond donors (Lipinski definition) is 1. The van der Waals surface area contributed by atoms with Gasteiger partial charge in [-0.15, -0.1) is 0 Å². The summed E-state index contributed by atoms with van der Waals surface area (Å²) in [6, 6.07) is 2.88. The van der Waals surface area contributed by atoms with Crippen molar-refractivity contribution in [2.45, 2.75) is 67.1 Å². The minimum Gasteiger partial charge on any atom is -0.481 e. The smallest absolute Gasteiger partial charge is 0.417 e. The molecule has 156 valence electrons. The lowest BCUT2D eigenvalue weighted by molar-refractivity contribution is -0.147. The van der Waals surface area contributed by atoms with Crippen LogP contribution in [-0.2, 0) is 25.5 Å². The van der Waals surface area contributed by atoms with E-state index in [0.29, 0.717) is 0 Å². The van der Waals surface area contributed by atoms with Crippen LogP contribution in [0.25, 0.3) is 0 Å². The Morgan fingerprint density at radius 2 is 1.82 bits per heavy atom. The molecule has 0 saturated heterocycles. The van der Waals surface area contributed by atoms with E-state index >= 15 is 0 Å². The third-order valence-corrected chi connectivity index (χ3v) is 8.16. The van der Waals surface area contributed by atoms with E-state index in [0.717, 1.165) is 37.8 Å². The van der Waals surface area contributed by atoms with E-state index in [2.05, 4.69) is 15.9 Å². The van der Waals surface area contributed by atoms with Crippen LogP contribution in [0.5, 0.6) is 0 Å². The number of carboxylic acid groups (broad SMARTS) is 1.